The Morgan fingerprint density at radius 2 is 2.11 bits per heavy atom. The predicted octanol–water partition coefficient (Wildman–Crippen LogP) is 3.26. The predicted molar refractivity (Wildman–Crippen MR) is 78.0 cm³/mol. The monoisotopic (exact) mass is 297 g/mol. The molecule has 1 unspecified atom stereocenters. The summed E-state index contributed by atoms with van der Waals surface area (Å²) in [6, 6.07) is 5.12. The number of rotatable bonds is 3. The number of nitrogens with zero attached hydrogens (tertiary/aromatic N) is 2. The van der Waals surface area contributed by atoms with E-state index in [-0.39, 0.29) is 11.6 Å². The van der Waals surface area contributed by atoms with Crippen LogP contribution in [0.25, 0.3) is 0 Å². The molecule has 2 rings (SSSR count). The molecule has 19 heavy (non-hydrogen) atoms. The summed E-state index contributed by atoms with van der Waals surface area (Å²) in [7, 11) is 1.68. The summed E-state index contributed by atoms with van der Waals surface area (Å²) in [6.07, 6.45) is 3.17. The van der Waals surface area contributed by atoms with Crippen molar-refractivity contribution in [2.75, 3.05) is 5.32 Å². The lowest BCUT2D eigenvalue weighted by Crippen LogP contribution is -2.23. The number of hydrogen-bond donors (Lipinski definition) is 1. The third-order valence-electron chi connectivity index (χ3n) is 2.80. The van der Waals surface area contributed by atoms with Crippen LogP contribution in [0, 0.1) is 0 Å². The van der Waals surface area contributed by atoms with E-state index in [1.165, 1.54) is 4.57 Å². The first kappa shape index (κ1) is 13.9. The van der Waals surface area contributed by atoms with Crippen LogP contribution in [0.5, 0.6) is 0 Å². The van der Waals surface area contributed by atoms with Crippen molar-refractivity contribution in [3.63, 3.8) is 0 Å². The maximum Gasteiger partial charge on any atom is 0.293 e. The van der Waals surface area contributed by atoms with Gasteiger partial charge in [-0.15, -0.1) is 0 Å². The van der Waals surface area contributed by atoms with Crippen molar-refractivity contribution in [3.8, 4) is 0 Å². The second-order valence-corrected chi connectivity index (χ2v) is 5.07. The Bertz CT molecular complexity index is 655. The lowest BCUT2D eigenvalue weighted by atomic mass is 10.1. The highest BCUT2D eigenvalue weighted by Gasteiger charge is 2.12. The molecule has 0 amide bonds. The zero-order valence-electron chi connectivity index (χ0n) is 10.5. The van der Waals surface area contributed by atoms with Gasteiger partial charge in [0.1, 0.15) is 0 Å². The van der Waals surface area contributed by atoms with Gasteiger partial charge in [-0.05, 0) is 24.6 Å². The van der Waals surface area contributed by atoms with E-state index in [1.807, 2.05) is 13.0 Å². The SMILES string of the molecule is CC(Nc1nccn(C)c1=O)c1ccc(Cl)cc1Cl. The summed E-state index contributed by atoms with van der Waals surface area (Å²) >= 11 is 12.0. The maximum absolute atomic E-state index is 11.9. The van der Waals surface area contributed by atoms with Crippen LogP contribution < -0.4 is 10.9 Å². The molecule has 6 heteroatoms. The number of benzene rings is 1. The lowest BCUT2D eigenvalue weighted by Gasteiger charge is -2.16. The van der Waals surface area contributed by atoms with E-state index in [1.54, 1.807) is 31.6 Å². The van der Waals surface area contributed by atoms with Gasteiger partial charge in [-0.3, -0.25) is 4.79 Å². The average Bonchev–Trinajstić information content (AvgIpc) is 2.34. The summed E-state index contributed by atoms with van der Waals surface area (Å²) in [4.78, 5) is 15.9. The van der Waals surface area contributed by atoms with Gasteiger partial charge in [0, 0.05) is 29.5 Å². The fraction of sp³-hybridized carbons (Fsp3) is 0.231. The summed E-state index contributed by atoms with van der Waals surface area (Å²) in [6.45, 7) is 1.91. The summed E-state index contributed by atoms with van der Waals surface area (Å²) < 4.78 is 1.46. The molecule has 1 atom stereocenters. The van der Waals surface area contributed by atoms with Crippen molar-refractivity contribution in [2.45, 2.75) is 13.0 Å². The zero-order chi connectivity index (χ0) is 14.0. The molecule has 0 spiro atoms. The summed E-state index contributed by atoms with van der Waals surface area (Å²) in [5.41, 5.74) is 0.679. The van der Waals surface area contributed by atoms with E-state index < -0.39 is 0 Å². The van der Waals surface area contributed by atoms with E-state index in [4.69, 9.17) is 23.2 Å². The van der Waals surface area contributed by atoms with Crippen LogP contribution in [-0.2, 0) is 7.05 Å². The third kappa shape index (κ3) is 3.08. The Kier molecular flexibility index (Phi) is 4.12. The van der Waals surface area contributed by atoms with Crippen molar-refractivity contribution < 1.29 is 0 Å². The van der Waals surface area contributed by atoms with Gasteiger partial charge < -0.3 is 9.88 Å². The normalized spacial score (nSPS) is 12.2. The van der Waals surface area contributed by atoms with Crippen LogP contribution in [0.2, 0.25) is 10.0 Å². The Hall–Kier alpha value is -1.52. The van der Waals surface area contributed by atoms with Gasteiger partial charge in [-0.2, -0.15) is 0 Å². The minimum Gasteiger partial charge on any atom is -0.359 e. The van der Waals surface area contributed by atoms with Gasteiger partial charge in [-0.1, -0.05) is 29.3 Å². The van der Waals surface area contributed by atoms with Crippen LogP contribution in [-0.4, -0.2) is 9.55 Å². The number of aryl methyl sites for hydroxylation is 1. The van der Waals surface area contributed by atoms with Gasteiger partial charge in [0.25, 0.3) is 5.56 Å². The van der Waals surface area contributed by atoms with E-state index in [9.17, 15) is 4.79 Å². The quantitative estimate of drug-likeness (QED) is 0.946. The molecule has 1 N–H and O–H groups in total. The van der Waals surface area contributed by atoms with Gasteiger partial charge >= 0.3 is 0 Å². The van der Waals surface area contributed by atoms with E-state index >= 15 is 0 Å². The number of anilines is 1. The molecule has 0 fully saturated rings. The summed E-state index contributed by atoms with van der Waals surface area (Å²) in [5, 5.41) is 4.19. The molecule has 0 aliphatic rings. The Morgan fingerprint density at radius 3 is 2.79 bits per heavy atom. The first-order valence-corrected chi connectivity index (χ1v) is 6.47. The number of halogens is 2. The standard InChI is InChI=1S/C13H13Cl2N3O/c1-8(10-4-3-9(14)7-11(10)15)17-12-13(19)18(2)6-5-16-12/h3-8H,1-2H3,(H,16,17). The zero-order valence-corrected chi connectivity index (χ0v) is 12.0. The number of hydrogen-bond acceptors (Lipinski definition) is 3. The smallest absolute Gasteiger partial charge is 0.293 e. The number of aromatic nitrogens is 2. The molecule has 4 nitrogen and oxygen atoms in total. The second kappa shape index (κ2) is 5.63. The molecule has 0 saturated heterocycles. The Balaban J connectivity index is 2.28. The van der Waals surface area contributed by atoms with Crippen molar-refractivity contribution >= 4 is 29.0 Å². The van der Waals surface area contributed by atoms with Crippen molar-refractivity contribution in [1.29, 1.82) is 0 Å². The molecule has 0 aliphatic heterocycles. The van der Waals surface area contributed by atoms with E-state index in [0.717, 1.165) is 5.56 Å². The maximum atomic E-state index is 11.9. The van der Waals surface area contributed by atoms with E-state index in [0.29, 0.717) is 15.9 Å². The van der Waals surface area contributed by atoms with Crippen LogP contribution in [0.4, 0.5) is 5.82 Å². The molecule has 0 saturated carbocycles. The minimum atomic E-state index is -0.181. The van der Waals surface area contributed by atoms with Crippen molar-refractivity contribution in [1.82, 2.24) is 9.55 Å². The van der Waals surface area contributed by atoms with Crippen LogP contribution >= 0.6 is 23.2 Å². The topological polar surface area (TPSA) is 46.9 Å². The highest BCUT2D eigenvalue weighted by Crippen LogP contribution is 2.27. The van der Waals surface area contributed by atoms with Gasteiger partial charge in [0.05, 0.1) is 6.04 Å². The molecule has 1 aromatic heterocycles. The first-order chi connectivity index (χ1) is 8.99. The molecule has 2 aromatic rings. The Labute approximate surface area is 121 Å². The molecule has 1 heterocycles. The van der Waals surface area contributed by atoms with Gasteiger partial charge in [0.15, 0.2) is 5.82 Å². The molecule has 0 bridgehead atoms. The van der Waals surface area contributed by atoms with Crippen molar-refractivity contribution in [3.05, 3.63) is 56.6 Å². The fourth-order valence-electron chi connectivity index (χ4n) is 1.73. The highest BCUT2D eigenvalue weighted by atomic mass is 35.5. The van der Waals surface area contributed by atoms with Gasteiger partial charge in [0.2, 0.25) is 0 Å². The van der Waals surface area contributed by atoms with Crippen LogP contribution in [0.3, 0.4) is 0 Å². The molecule has 0 aliphatic carbocycles. The summed E-state index contributed by atoms with van der Waals surface area (Å²) in [5.74, 6) is 0.295. The van der Waals surface area contributed by atoms with Crippen LogP contribution in [0.15, 0.2) is 35.4 Å². The highest BCUT2D eigenvalue weighted by molar-refractivity contribution is 6.35. The average molecular weight is 298 g/mol. The lowest BCUT2D eigenvalue weighted by molar-refractivity contribution is 0.813. The van der Waals surface area contributed by atoms with Crippen LogP contribution in [0.1, 0.15) is 18.5 Å². The Morgan fingerprint density at radius 1 is 1.37 bits per heavy atom. The molecular weight excluding hydrogens is 285 g/mol. The second-order valence-electron chi connectivity index (χ2n) is 4.22. The fourth-order valence-corrected chi connectivity index (χ4v) is 2.30. The minimum absolute atomic E-state index is 0.146. The molecular formula is C13H13Cl2N3O. The van der Waals surface area contributed by atoms with Gasteiger partial charge in [-0.25, -0.2) is 4.98 Å². The molecule has 1 aromatic carbocycles. The molecule has 0 radical (unpaired) electrons. The first-order valence-electron chi connectivity index (χ1n) is 5.72. The molecule has 100 valence electrons. The van der Waals surface area contributed by atoms with Crippen molar-refractivity contribution in [2.24, 2.45) is 7.05 Å². The largest absolute Gasteiger partial charge is 0.359 e. The third-order valence-corrected chi connectivity index (χ3v) is 3.36. The number of nitrogens with one attached hydrogen (secondary N) is 1. The van der Waals surface area contributed by atoms with E-state index in [2.05, 4.69) is 10.3 Å².